The average Bonchev–Trinajstić information content (AvgIpc) is 3.62. The van der Waals surface area contributed by atoms with Crippen molar-refractivity contribution in [3.63, 3.8) is 0 Å². The SMILES string of the molecule is CC1C=CC(c2nc(-c3ccc(-c4ccccc4)c(-c4ccccc4)c3)nc(-c3cccc4oc5cc(-c6ccc7ccccc7c6)ccc5c34)n2)=CC1. The summed E-state index contributed by atoms with van der Waals surface area (Å²) in [5, 5.41) is 4.46. The lowest BCUT2D eigenvalue weighted by Gasteiger charge is -2.15. The van der Waals surface area contributed by atoms with Crippen LogP contribution < -0.4 is 0 Å². The van der Waals surface area contributed by atoms with E-state index in [-0.39, 0.29) is 0 Å². The molecule has 1 unspecified atom stereocenters. The highest BCUT2D eigenvalue weighted by Gasteiger charge is 2.20. The van der Waals surface area contributed by atoms with Crippen LogP contribution in [-0.2, 0) is 0 Å². The minimum atomic E-state index is 0.471. The van der Waals surface area contributed by atoms with E-state index < -0.39 is 0 Å². The molecule has 0 bridgehead atoms. The van der Waals surface area contributed by atoms with Crippen LogP contribution in [0.25, 0.3) is 94.4 Å². The van der Waals surface area contributed by atoms with Gasteiger partial charge in [-0.05, 0) is 86.8 Å². The van der Waals surface area contributed by atoms with Gasteiger partial charge in [0.25, 0.3) is 0 Å². The molecule has 0 spiro atoms. The lowest BCUT2D eigenvalue weighted by molar-refractivity contribution is 0.669. The van der Waals surface area contributed by atoms with Crippen molar-refractivity contribution in [3.8, 4) is 56.2 Å². The van der Waals surface area contributed by atoms with Crippen LogP contribution >= 0.6 is 0 Å². The quantitative estimate of drug-likeness (QED) is 0.174. The van der Waals surface area contributed by atoms with Crippen LogP contribution in [0.1, 0.15) is 19.2 Å². The number of rotatable bonds is 6. The average molecular weight is 694 g/mol. The van der Waals surface area contributed by atoms with Gasteiger partial charge in [-0.15, -0.1) is 0 Å². The van der Waals surface area contributed by atoms with Gasteiger partial charge < -0.3 is 4.42 Å². The molecule has 2 heterocycles. The van der Waals surface area contributed by atoms with Crippen molar-refractivity contribution in [3.05, 3.63) is 182 Å². The molecule has 7 aromatic carbocycles. The standard InChI is InChI=1S/C50H35N3O/c1-32-19-21-36(22-20-32)48-51-49(40-26-27-41(34-12-4-2-5-13-34)44(30-40)35-14-6-3-7-15-35)53-50(52-48)43-17-10-18-45-47(43)42-28-25-39(31-46(42)54-45)38-24-23-33-11-8-9-16-37(33)29-38/h2-19,21-32H,20H2,1H3. The summed E-state index contributed by atoms with van der Waals surface area (Å²) in [5.41, 5.74) is 11.3. The highest BCUT2D eigenvalue weighted by Crippen LogP contribution is 2.40. The molecule has 0 radical (unpaired) electrons. The summed E-state index contributed by atoms with van der Waals surface area (Å²) >= 11 is 0. The lowest BCUT2D eigenvalue weighted by atomic mass is 9.92. The Morgan fingerprint density at radius 3 is 1.96 bits per heavy atom. The van der Waals surface area contributed by atoms with Crippen molar-refractivity contribution in [1.82, 2.24) is 15.0 Å². The molecule has 0 N–H and O–H groups in total. The molecule has 9 aromatic rings. The Kier molecular flexibility index (Phi) is 7.80. The maximum atomic E-state index is 6.56. The fourth-order valence-electron chi connectivity index (χ4n) is 7.62. The van der Waals surface area contributed by atoms with E-state index in [0.717, 1.165) is 78.4 Å². The molecule has 0 amide bonds. The highest BCUT2D eigenvalue weighted by atomic mass is 16.3. The number of hydrogen-bond donors (Lipinski definition) is 0. The van der Waals surface area contributed by atoms with Gasteiger partial charge in [0.2, 0.25) is 0 Å². The Balaban J connectivity index is 1.14. The Morgan fingerprint density at radius 1 is 0.481 bits per heavy atom. The van der Waals surface area contributed by atoms with E-state index in [9.17, 15) is 0 Å². The van der Waals surface area contributed by atoms with E-state index in [4.69, 9.17) is 19.4 Å². The molecule has 1 atom stereocenters. The van der Waals surface area contributed by atoms with Gasteiger partial charge in [0.05, 0.1) is 0 Å². The molecule has 256 valence electrons. The molecule has 2 aromatic heterocycles. The van der Waals surface area contributed by atoms with Gasteiger partial charge in [-0.1, -0.05) is 153 Å². The first-order chi connectivity index (χ1) is 26.6. The van der Waals surface area contributed by atoms with E-state index in [0.29, 0.717) is 23.4 Å². The number of hydrogen-bond acceptors (Lipinski definition) is 4. The van der Waals surface area contributed by atoms with Gasteiger partial charge in [0.1, 0.15) is 11.2 Å². The Morgan fingerprint density at radius 2 is 1.17 bits per heavy atom. The summed E-state index contributed by atoms with van der Waals surface area (Å²) in [7, 11) is 0. The van der Waals surface area contributed by atoms with Gasteiger partial charge >= 0.3 is 0 Å². The van der Waals surface area contributed by atoms with Gasteiger partial charge in [0, 0.05) is 27.5 Å². The third-order valence-corrected chi connectivity index (χ3v) is 10.5. The first-order valence-electron chi connectivity index (χ1n) is 18.5. The largest absolute Gasteiger partial charge is 0.456 e. The molecule has 4 heteroatoms. The highest BCUT2D eigenvalue weighted by molar-refractivity contribution is 6.12. The van der Waals surface area contributed by atoms with Gasteiger partial charge in [0.15, 0.2) is 17.5 Å². The third-order valence-electron chi connectivity index (χ3n) is 10.5. The second kappa shape index (κ2) is 13.3. The first kappa shape index (κ1) is 31.8. The van der Waals surface area contributed by atoms with Gasteiger partial charge in [-0.25, -0.2) is 15.0 Å². The van der Waals surface area contributed by atoms with E-state index in [2.05, 4.69) is 171 Å². The number of furan rings is 1. The van der Waals surface area contributed by atoms with Crippen molar-refractivity contribution in [2.45, 2.75) is 13.3 Å². The molecule has 4 nitrogen and oxygen atoms in total. The van der Waals surface area contributed by atoms with Crippen molar-refractivity contribution in [2.24, 2.45) is 5.92 Å². The van der Waals surface area contributed by atoms with E-state index >= 15 is 0 Å². The molecule has 0 saturated heterocycles. The minimum Gasteiger partial charge on any atom is -0.456 e. The fraction of sp³-hybridized carbons (Fsp3) is 0.0600. The third kappa shape index (κ3) is 5.79. The van der Waals surface area contributed by atoms with Gasteiger partial charge in [-0.3, -0.25) is 0 Å². The molecular formula is C50H35N3O. The zero-order valence-corrected chi connectivity index (χ0v) is 29.8. The Bertz CT molecular complexity index is 2920. The van der Waals surface area contributed by atoms with Crippen LogP contribution in [0.15, 0.2) is 180 Å². The van der Waals surface area contributed by atoms with Crippen molar-refractivity contribution in [1.29, 1.82) is 0 Å². The molecule has 1 aliphatic rings. The summed E-state index contributed by atoms with van der Waals surface area (Å²) < 4.78 is 6.56. The normalized spacial score (nSPS) is 14.2. The Labute approximate surface area is 313 Å². The zero-order chi connectivity index (χ0) is 36.0. The van der Waals surface area contributed by atoms with Crippen molar-refractivity contribution >= 4 is 38.3 Å². The lowest BCUT2D eigenvalue weighted by Crippen LogP contribution is -2.04. The van der Waals surface area contributed by atoms with Crippen molar-refractivity contribution in [2.75, 3.05) is 0 Å². The van der Waals surface area contributed by atoms with Gasteiger partial charge in [-0.2, -0.15) is 0 Å². The minimum absolute atomic E-state index is 0.471. The summed E-state index contributed by atoms with van der Waals surface area (Å²) in [6, 6.07) is 55.3. The predicted molar refractivity (Wildman–Crippen MR) is 223 cm³/mol. The fourth-order valence-corrected chi connectivity index (χ4v) is 7.62. The summed E-state index contributed by atoms with van der Waals surface area (Å²) in [6.07, 6.45) is 7.56. The van der Waals surface area contributed by atoms with E-state index in [1.165, 1.54) is 10.8 Å². The number of aromatic nitrogens is 3. The molecular weight excluding hydrogens is 659 g/mol. The second-order valence-electron chi connectivity index (χ2n) is 14.1. The number of allylic oxidation sites excluding steroid dienone is 4. The molecule has 0 fully saturated rings. The smallest absolute Gasteiger partial charge is 0.164 e. The van der Waals surface area contributed by atoms with Crippen LogP contribution in [0.2, 0.25) is 0 Å². The molecule has 10 rings (SSSR count). The topological polar surface area (TPSA) is 51.8 Å². The van der Waals surface area contributed by atoms with E-state index in [1.807, 2.05) is 12.1 Å². The predicted octanol–water partition coefficient (Wildman–Crippen LogP) is 13.2. The van der Waals surface area contributed by atoms with Crippen LogP contribution in [-0.4, -0.2) is 15.0 Å². The van der Waals surface area contributed by atoms with Crippen LogP contribution in [0.3, 0.4) is 0 Å². The number of fused-ring (bicyclic) bond motifs is 4. The van der Waals surface area contributed by atoms with Crippen molar-refractivity contribution < 1.29 is 4.42 Å². The summed E-state index contributed by atoms with van der Waals surface area (Å²) in [6.45, 7) is 2.23. The zero-order valence-electron chi connectivity index (χ0n) is 29.8. The Hall–Kier alpha value is -6.91. The molecule has 0 aliphatic heterocycles. The molecule has 0 saturated carbocycles. The second-order valence-corrected chi connectivity index (χ2v) is 14.1. The number of nitrogens with zero attached hydrogens (tertiary/aromatic N) is 3. The number of benzene rings is 7. The summed E-state index contributed by atoms with van der Waals surface area (Å²) in [5.74, 6) is 2.38. The van der Waals surface area contributed by atoms with Crippen LogP contribution in [0.4, 0.5) is 0 Å². The van der Waals surface area contributed by atoms with Crippen LogP contribution in [0, 0.1) is 5.92 Å². The van der Waals surface area contributed by atoms with E-state index in [1.54, 1.807) is 0 Å². The monoisotopic (exact) mass is 693 g/mol. The van der Waals surface area contributed by atoms with Crippen LogP contribution in [0.5, 0.6) is 0 Å². The maximum absolute atomic E-state index is 6.56. The molecule has 54 heavy (non-hydrogen) atoms. The first-order valence-corrected chi connectivity index (χ1v) is 18.5. The summed E-state index contributed by atoms with van der Waals surface area (Å²) in [4.78, 5) is 15.6. The maximum Gasteiger partial charge on any atom is 0.164 e. The molecule has 1 aliphatic carbocycles.